The molecule has 1 aromatic heterocycles. The van der Waals surface area contributed by atoms with Crippen molar-refractivity contribution in [2.24, 2.45) is 5.73 Å². The van der Waals surface area contributed by atoms with Crippen LogP contribution >= 0.6 is 0 Å². The predicted molar refractivity (Wildman–Crippen MR) is 57.8 cm³/mol. The Bertz CT molecular complexity index is 338. The number of nitrogens with zero attached hydrogens (tertiary/aromatic N) is 2. The Labute approximate surface area is 89.1 Å². The molecule has 0 aromatic carbocycles. The van der Waals surface area contributed by atoms with Gasteiger partial charge in [-0.2, -0.15) is 4.98 Å². The number of nitrogens with one attached hydrogen (secondary N) is 1. The first-order valence-electron chi connectivity index (χ1n) is 5.12. The minimum Gasteiger partial charge on any atom is -0.481 e. The van der Waals surface area contributed by atoms with E-state index in [2.05, 4.69) is 15.3 Å². The monoisotopic (exact) mass is 208 g/mol. The van der Waals surface area contributed by atoms with Crippen LogP contribution in [0.25, 0.3) is 0 Å². The van der Waals surface area contributed by atoms with Crippen molar-refractivity contribution < 1.29 is 4.74 Å². The van der Waals surface area contributed by atoms with Crippen LogP contribution in [0.2, 0.25) is 0 Å². The standard InChI is InChI=1S/C10H16N4O/c1-15-8-3-6-12-9(14-8)13-7-10(11)4-2-5-10/h3,6H,2,4-5,7,11H2,1H3,(H,12,13,14). The smallest absolute Gasteiger partial charge is 0.226 e. The summed E-state index contributed by atoms with van der Waals surface area (Å²) in [6.45, 7) is 0.722. The van der Waals surface area contributed by atoms with Crippen LogP contribution < -0.4 is 15.8 Å². The lowest BCUT2D eigenvalue weighted by Crippen LogP contribution is -2.52. The molecule has 0 saturated heterocycles. The molecule has 82 valence electrons. The van der Waals surface area contributed by atoms with Gasteiger partial charge in [0.1, 0.15) is 0 Å². The van der Waals surface area contributed by atoms with Crippen molar-refractivity contribution in [2.75, 3.05) is 19.0 Å². The second-order valence-corrected chi connectivity index (χ2v) is 3.99. The molecular formula is C10H16N4O. The first-order valence-corrected chi connectivity index (χ1v) is 5.12. The lowest BCUT2D eigenvalue weighted by atomic mass is 9.78. The van der Waals surface area contributed by atoms with Gasteiger partial charge in [0.25, 0.3) is 0 Å². The molecule has 1 heterocycles. The minimum atomic E-state index is -0.0631. The fourth-order valence-corrected chi connectivity index (χ4v) is 1.60. The molecule has 5 nitrogen and oxygen atoms in total. The highest BCUT2D eigenvalue weighted by molar-refractivity contribution is 5.28. The van der Waals surface area contributed by atoms with Crippen molar-refractivity contribution in [3.8, 4) is 5.88 Å². The van der Waals surface area contributed by atoms with Crippen molar-refractivity contribution in [1.29, 1.82) is 0 Å². The van der Waals surface area contributed by atoms with Gasteiger partial charge in [0.2, 0.25) is 11.8 Å². The van der Waals surface area contributed by atoms with Gasteiger partial charge in [-0.05, 0) is 19.3 Å². The molecule has 2 rings (SSSR count). The third-order valence-corrected chi connectivity index (χ3v) is 2.79. The summed E-state index contributed by atoms with van der Waals surface area (Å²) >= 11 is 0. The van der Waals surface area contributed by atoms with Crippen LogP contribution in [-0.4, -0.2) is 29.2 Å². The van der Waals surface area contributed by atoms with Gasteiger partial charge >= 0.3 is 0 Å². The van der Waals surface area contributed by atoms with Crippen LogP contribution in [0.1, 0.15) is 19.3 Å². The SMILES string of the molecule is COc1ccnc(NCC2(N)CCC2)n1. The number of aromatic nitrogens is 2. The Kier molecular flexibility index (Phi) is 2.73. The van der Waals surface area contributed by atoms with E-state index in [0.29, 0.717) is 11.8 Å². The Hall–Kier alpha value is -1.36. The van der Waals surface area contributed by atoms with Crippen LogP contribution in [0.3, 0.4) is 0 Å². The summed E-state index contributed by atoms with van der Waals surface area (Å²) in [6.07, 6.45) is 5.03. The van der Waals surface area contributed by atoms with Crippen LogP contribution in [0.5, 0.6) is 5.88 Å². The molecule has 5 heteroatoms. The number of hydrogen-bond acceptors (Lipinski definition) is 5. The van der Waals surface area contributed by atoms with Gasteiger partial charge in [0.05, 0.1) is 7.11 Å². The lowest BCUT2D eigenvalue weighted by Gasteiger charge is -2.38. The molecule has 15 heavy (non-hydrogen) atoms. The van der Waals surface area contributed by atoms with Crippen LogP contribution in [0.4, 0.5) is 5.95 Å². The molecule has 1 aliphatic carbocycles. The van der Waals surface area contributed by atoms with Crippen molar-refractivity contribution in [3.05, 3.63) is 12.3 Å². The molecule has 1 aromatic rings. The number of anilines is 1. The normalized spacial score (nSPS) is 18.0. The second-order valence-electron chi connectivity index (χ2n) is 3.99. The van der Waals surface area contributed by atoms with Crippen molar-refractivity contribution in [2.45, 2.75) is 24.8 Å². The second kappa shape index (κ2) is 4.02. The van der Waals surface area contributed by atoms with E-state index in [-0.39, 0.29) is 5.54 Å². The fourth-order valence-electron chi connectivity index (χ4n) is 1.60. The molecule has 0 amide bonds. The van der Waals surface area contributed by atoms with Crippen LogP contribution in [0, 0.1) is 0 Å². The summed E-state index contributed by atoms with van der Waals surface area (Å²) in [7, 11) is 1.59. The van der Waals surface area contributed by atoms with E-state index < -0.39 is 0 Å². The van der Waals surface area contributed by atoms with E-state index in [1.165, 1.54) is 6.42 Å². The number of ether oxygens (including phenoxy) is 1. The summed E-state index contributed by atoms with van der Waals surface area (Å²) in [5.74, 6) is 1.14. The highest BCUT2D eigenvalue weighted by Crippen LogP contribution is 2.28. The lowest BCUT2D eigenvalue weighted by molar-refractivity contribution is 0.265. The van der Waals surface area contributed by atoms with Crippen molar-refractivity contribution in [1.82, 2.24) is 9.97 Å². The topological polar surface area (TPSA) is 73.1 Å². The minimum absolute atomic E-state index is 0.0631. The van der Waals surface area contributed by atoms with E-state index in [1.807, 2.05) is 0 Å². The largest absolute Gasteiger partial charge is 0.481 e. The van der Waals surface area contributed by atoms with E-state index in [0.717, 1.165) is 19.4 Å². The molecule has 0 bridgehead atoms. The zero-order valence-corrected chi connectivity index (χ0v) is 8.86. The maximum Gasteiger partial charge on any atom is 0.226 e. The van der Waals surface area contributed by atoms with Crippen molar-refractivity contribution >= 4 is 5.95 Å². The Morgan fingerprint density at radius 3 is 3.00 bits per heavy atom. The van der Waals surface area contributed by atoms with Gasteiger partial charge in [-0.25, -0.2) is 4.98 Å². The van der Waals surface area contributed by atoms with E-state index in [4.69, 9.17) is 10.5 Å². The summed E-state index contributed by atoms with van der Waals surface area (Å²) in [5.41, 5.74) is 6.01. The molecule has 0 unspecified atom stereocenters. The van der Waals surface area contributed by atoms with Gasteiger partial charge in [-0.3, -0.25) is 0 Å². The van der Waals surface area contributed by atoms with Gasteiger partial charge in [0.15, 0.2) is 0 Å². The molecule has 0 atom stereocenters. The number of nitrogens with two attached hydrogens (primary N) is 1. The average molecular weight is 208 g/mol. The molecule has 1 fully saturated rings. The third kappa shape index (κ3) is 2.36. The molecule has 0 aliphatic heterocycles. The van der Waals surface area contributed by atoms with Crippen LogP contribution in [-0.2, 0) is 0 Å². The highest BCUT2D eigenvalue weighted by atomic mass is 16.5. The Balaban J connectivity index is 1.92. The molecule has 0 spiro atoms. The summed E-state index contributed by atoms with van der Waals surface area (Å²) in [4.78, 5) is 8.24. The van der Waals surface area contributed by atoms with Gasteiger partial charge in [-0.15, -0.1) is 0 Å². The number of methoxy groups -OCH3 is 1. The third-order valence-electron chi connectivity index (χ3n) is 2.79. The zero-order valence-electron chi connectivity index (χ0n) is 8.86. The predicted octanol–water partition coefficient (Wildman–Crippen LogP) is 0.778. The van der Waals surface area contributed by atoms with E-state index in [1.54, 1.807) is 19.4 Å². The van der Waals surface area contributed by atoms with Gasteiger partial charge in [-0.1, -0.05) is 0 Å². The molecule has 3 N–H and O–H groups in total. The Morgan fingerprint density at radius 1 is 1.60 bits per heavy atom. The van der Waals surface area contributed by atoms with Crippen LogP contribution in [0.15, 0.2) is 12.3 Å². The molecule has 1 saturated carbocycles. The average Bonchev–Trinajstić information content (AvgIpc) is 2.24. The Morgan fingerprint density at radius 2 is 2.40 bits per heavy atom. The summed E-state index contributed by atoms with van der Waals surface area (Å²) < 4.78 is 5.00. The summed E-state index contributed by atoms with van der Waals surface area (Å²) in [5, 5.41) is 3.13. The summed E-state index contributed by atoms with van der Waals surface area (Å²) in [6, 6.07) is 1.72. The van der Waals surface area contributed by atoms with Crippen molar-refractivity contribution in [3.63, 3.8) is 0 Å². The zero-order chi connectivity index (χ0) is 10.7. The quantitative estimate of drug-likeness (QED) is 0.765. The maximum absolute atomic E-state index is 6.07. The highest BCUT2D eigenvalue weighted by Gasteiger charge is 2.32. The molecule has 1 aliphatic rings. The number of hydrogen-bond donors (Lipinski definition) is 2. The molecular weight excluding hydrogens is 192 g/mol. The number of rotatable bonds is 4. The maximum atomic E-state index is 6.07. The van der Waals surface area contributed by atoms with E-state index in [9.17, 15) is 0 Å². The first-order chi connectivity index (χ1) is 7.22. The van der Waals surface area contributed by atoms with E-state index >= 15 is 0 Å². The van der Waals surface area contributed by atoms with Gasteiger partial charge < -0.3 is 15.8 Å². The van der Waals surface area contributed by atoms with Gasteiger partial charge in [0, 0.05) is 24.3 Å². The fraction of sp³-hybridized carbons (Fsp3) is 0.600. The molecule has 0 radical (unpaired) electrons. The first kappa shape index (κ1) is 10.2.